The highest BCUT2D eigenvalue weighted by molar-refractivity contribution is 7.98. The molecule has 0 radical (unpaired) electrons. The van der Waals surface area contributed by atoms with Crippen LogP contribution in [-0.2, 0) is 0 Å². The first-order valence-corrected chi connectivity index (χ1v) is 5.59. The van der Waals surface area contributed by atoms with Gasteiger partial charge in [0.1, 0.15) is 11.6 Å². The third kappa shape index (κ3) is 2.54. The van der Waals surface area contributed by atoms with Crippen molar-refractivity contribution in [3.63, 3.8) is 0 Å². The third-order valence-electron chi connectivity index (χ3n) is 1.92. The number of carbonyl (C=O) groups excluding carboxylic acids is 1. The van der Waals surface area contributed by atoms with Gasteiger partial charge in [0, 0.05) is 6.42 Å². The van der Waals surface area contributed by atoms with Crippen LogP contribution in [0.5, 0.6) is 0 Å². The van der Waals surface area contributed by atoms with Gasteiger partial charge < -0.3 is 5.73 Å². The van der Waals surface area contributed by atoms with Gasteiger partial charge in [-0.2, -0.15) is 0 Å². The number of halogens is 2. The molecule has 2 N–H and O–H groups in total. The lowest BCUT2D eigenvalue weighted by molar-refractivity contribution is 0.0981. The number of benzene rings is 1. The monoisotopic (exact) mass is 231 g/mol. The molecule has 82 valence electrons. The number of hydrogen-bond acceptors (Lipinski definition) is 3. The highest BCUT2D eigenvalue weighted by Crippen LogP contribution is 2.25. The van der Waals surface area contributed by atoms with Gasteiger partial charge in [0.05, 0.1) is 10.5 Å². The predicted octanol–water partition coefficient (Wildman–Crippen LogP) is 2.22. The molecule has 0 saturated heterocycles. The smallest absolute Gasteiger partial charge is 0.167 e. The van der Waals surface area contributed by atoms with Gasteiger partial charge in [0.25, 0.3) is 0 Å². The van der Waals surface area contributed by atoms with Crippen LogP contribution < -0.4 is 5.73 Å². The van der Waals surface area contributed by atoms with Crippen molar-refractivity contribution in [2.24, 2.45) is 5.73 Å². The number of carbonyl (C=O) groups is 1. The lowest BCUT2D eigenvalue weighted by Crippen LogP contribution is -2.10. The highest BCUT2D eigenvalue weighted by Gasteiger charge is 2.17. The van der Waals surface area contributed by atoms with E-state index in [1.165, 1.54) is 0 Å². The molecule has 1 aromatic carbocycles. The van der Waals surface area contributed by atoms with E-state index < -0.39 is 17.4 Å². The van der Waals surface area contributed by atoms with Crippen LogP contribution in [0.2, 0.25) is 0 Å². The number of ketones is 1. The first-order valence-electron chi connectivity index (χ1n) is 4.37. The van der Waals surface area contributed by atoms with Crippen LogP contribution in [0.25, 0.3) is 0 Å². The lowest BCUT2D eigenvalue weighted by Gasteiger charge is -2.06. The molecular formula is C10H11F2NOS. The van der Waals surface area contributed by atoms with E-state index >= 15 is 0 Å². The molecule has 0 amide bonds. The molecule has 0 unspecified atom stereocenters. The summed E-state index contributed by atoms with van der Waals surface area (Å²) in [6.45, 7) is 0.157. The summed E-state index contributed by atoms with van der Waals surface area (Å²) in [7, 11) is 0. The SMILES string of the molecule is CSc1c(F)ccc(C(=O)CCN)c1F. The molecule has 5 heteroatoms. The van der Waals surface area contributed by atoms with Crippen LogP contribution in [0.4, 0.5) is 8.78 Å². The van der Waals surface area contributed by atoms with Gasteiger partial charge in [-0.1, -0.05) is 0 Å². The molecule has 1 rings (SSSR count). The Balaban J connectivity index is 3.15. The number of nitrogens with two attached hydrogens (primary N) is 1. The van der Waals surface area contributed by atoms with Gasteiger partial charge in [-0.15, -0.1) is 11.8 Å². The van der Waals surface area contributed by atoms with Crippen molar-refractivity contribution in [3.05, 3.63) is 29.3 Å². The Labute approximate surface area is 90.8 Å². The van der Waals surface area contributed by atoms with Crippen LogP contribution in [0, 0.1) is 11.6 Å². The van der Waals surface area contributed by atoms with Gasteiger partial charge in [0.2, 0.25) is 0 Å². The van der Waals surface area contributed by atoms with Crippen LogP contribution in [0.15, 0.2) is 17.0 Å². The van der Waals surface area contributed by atoms with E-state index in [9.17, 15) is 13.6 Å². The second kappa shape index (κ2) is 5.23. The number of hydrogen-bond donors (Lipinski definition) is 1. The van der Waals surface area contributed by atoms with Gasteiger partial charge >= 0.3 is 0 Å². The molecule has 0 spiro atoms. The topological polar surface area (TPSA) is 43.1 Å². The molecule has 0 saturated carbocycles. The summed E-state index contributed by atoms with van der Waals surface area (Å²) in [6, 6.07) is 2.25. The average molecular weight is 231 g/mol. The zero-order valence-electron chi connectivity index (χ0n) is 8.22. The summed E-state index contributed by atoms with van der Waals surface area (Å²) < 4.78 is 26.7. The highest BCUT2D eigenvalue weighted by atomic mass is 32.2. The van der Waals surface area contributed by atoms with Crippen molar-refractivity contribution in [2.75, 3.05) is 12.8 Å². The molecule has 0 fully saturated rings. The molecule has 0 aliphatic heterocycles. The molecule has 0 aromatic heterocycles. The Kier molecular flexibility index (Phi) is 4.23. The fraction of sp³-hybridized carbons (Fsp3) is 0.300. The summed E-state index contributed by atoms with van der Waals surface area (Å²) in [5, 5.41) is 0. The van der Waals surface area contributed by atoms with Gasteiger partial charge in [-0.05, 0) is 24.9 Å². The minimum absolute atomic E-state index is 0.0658. The maximum Gasteiger partial charge on any atom is 0.167 e. The van der Waals surface area contributed by atoms with E-state index in [0.717, 1.165) is 23.9 Å². The van der Waals surface area contributed by atoms with Crippen molar-refractivity contribution >= 4 is 17.5 Å². The van der Waals surface area contributed by atoms with E-state index in [0.29, 0.717) is 0 Å². The summed E-state index contributed by atoms with van der Waals surface area (Å²) in [6.07, 6.45) is 1.62. The minimum Gasteiger partial charge on any atom is -0.330 e. The molecule has 15 heavy (non-hydrogen) atoms. The first kappa shape index (κ1) is 12.1. The van der Waals surface area contributed by atoms with E-state index in [-0.39, 0.29) is 23.4 Å². The standard InChI is InChI=1S/C10H11F2NOS/c1-15-10-7(11)3-2-6(9(10)12)8(14)4-5-13/h2-3H,4-5,13H2,1H3. The Hall–Kier alpha value is -0.940. The van der Waals surface area contributed by atoms with E-state index in [1.54, 1.807) is 6.26 Å². The van der Waals surface area contributed by atoms with Gasteiger partial charge in [0.15, 0.2) is 5.78 Å². The molecule has 1 aromatic rings. The number of rotatable bonds is 4. The molecule has 0 bridgehead atoms. The lowest BCUT2D eigenvalue weighted by atomic mass is 10.1. The third-order valence-corrected chi connectivity index (χ3v) is 2.71. The van der Waals surface area contributed by atoms with E-state index in [2.05, 4.69) is 0 Å². The summed E-state index contributed by atoms with van der Waals surface area (Å²) in [4.78, 5) is 11.3. The number of thioether (sulfide) groups is 1. The molecule has 0 aliphatic carbocycles. The van der Waals surface area contributed by atoms with Crippen molar-refractivity contribution in [2.45, 2.75) is 11.3 Å². The van der Waals surface area contributed by atoms with Gasteiger partial charge in [-0.3, -0.25) is 4.79 Å². The maximum absolute atomic E-state index is 13.6. The van der Waals surface area contributed by atoms with Crippen LogP contribution in [-0.4, -0.2) is 18.6 Å². The fourth-order valence-electron chi connectivity index (χ4n) is 1.20. The van der Waals surface area contributed by atoms with Crippen LogP contribution in [0.1, 0.15) is 16.8 Å². The molecule has 2 nitrogen and oxygen atoms in total. The van der Waals surface area contributed by atoms with Crippen LogP contribution in [0.3, 0.4) is 0 Å². The zero-order chi connectivity index (χ0) is 11.4. The summed E-state index contributed by atoms with van der Waals surface area (Å²) in [5.74, 6) is -1.84. The summed E-state index contributed by atoms with van der Waals surface area (Å²) >= 11 is 0.938. The second-order valence-corrected chi connectivity index (χ2v) is 3.72. The van der Waals surface area contributed by atoms with E-state index in [1.807, 2.05) is 0 Å². The maximum atomic E-state index is 13.6. The Morgan fingerprint density at radius 1 is 1.47 bits per heavy atom. The van der Waals surface area contributed by atoms with Crippen molar-refractivity contribution < 1.29 is 13.6 Å². The van der Waals surface area contributed by atoms with E-state index in [4.69, 9.17) is 5.73 Å². The van der Waals surface area contributed by atoms with Gasteiger partial charge in [-0.25, -0.2) is 8.78 Å². The largest absolute Gasteiger partial charge is 0.330 e. The normalized spacial score (nSPS) is 10.4. The quantitative estimate of drug-likeness (QED) is 0.638. The minimum atomic E-state index is -0.791. The first-order chi connectivity index (χ1) is 7.11. The van der Waals surface area contributed by atoms with Crippen LogP contribution >= 0.6 is 11.8 Å². The Morgan fingerprint density at radius 3 is 2.67 bits per heavy atom. The number of Topliss-reactive ketones (excluding diaryl/α,β-unsaturated/α-hetero) is 1. The van der Waals surface area contributed by atoms with Crippen molar-refractivity contribution in [3.8, 4) is 0 Å². The molecule has 0 atom stereocenters. The Morgan fingerprint density at radius 2 is 2.13 bits per heavy atom. The average Bonchev–Trinajstić information content (AvgIpc) is 2.18. The predicted molar refractivity (Wildman–Crippen MR) is 56.1 cm³/mol. The molecule has 0 heterocycles. The van der Waals surface area contributed by atoms with Crippen molar-refractivity contribution in [1.29, 1.82) is 0 Å². The zero-order valence-corrected chi connectivity index (χ0v) is 9.04. The second-order valence-electron chi connectivity index (χ2n) is 2.90. The summed E-state index contributed by atoms with van der Waals surface area (Å²) in [5.41, 5.74) is 5.10. The molecule has 0 aliphatic rings. The Bertz CT molecular complexity index is 382. The fourth-order valence-corrected chi connectivity index (χ4v) is 1.75. The van der Waals surface area contributed by atoms with Crippen molar-refractivity contribution in [1.82, 2.24) is 0 Å². The molecular weight excluding hydrogens is 220 g/mol.